The molecule has 0 aliphatic heterocycles. The molecule has 40 heavy (non-hydrogen) atoms. The van der Waals surface area contributed by atoms with Crippen LogP contribution in [0.5, 0.6) is 0 Å². The molecule has 2 aromatic carbocycles. The van der Waals surface area contributed by atoms with Crippen molar-refractivity contribution in [1.29, 1.82) is 0 Å². The van der Waals surface area contributed by atoms with E-state index < -0.39 is 16.1 Å². The van der Waals surface area contributed by atoms with Gasteiger partial charge in [-0.3, -0.25) is 13.9 Å². The van der Waals surface area contributed by atoms with E-state index in [1.165, 1.54) is 17.0 Å². The zero-order valence-electron chi connectivity index (χ0n) is 23.9. The normalized spacial score (nSPS) is 14.9. The van der Waals surface area contributed by atoms with Crippen LogP contribution in [0.1, 0.15) is 75.0 Å². The third-order valence-corrected chi connectivity index (χ3v) is 9.56. The summed E-state index contributed by atoms with van der Waals surface area (Å²) in [5.74, 6) is -0.436. The average molecular weight is 611 g/mol. The number of nitrogens with zero attached hydrogens (tertiary/aromatic N) is 2. The Morgan fingerprint density at radius 3 is 2.25 bits per heavy atom. The number of carbonyl (C=O) groups excluding carboxylic acids is 2. The van der Waals surface area contributed by atoms with Crippen LogP contribution < -0.4 is 9.62 Å². The van der Waals surface area contributed by atoms with Crippen LogP contribution >= 0.6 is 23.2 Å². The summed E-state index contributed by atoms with van der Waals surface area (Å²) in [6, 6.07) is 10.1. The average Bonchev–Trinajstić information content (AvgIpc) is 2.89. The van der Waals surface area contributed by atoms with Gasteiger partial charge >= 0.3 is 0 Å². The van der Waals surface area contributed by atoms with Gasteiger partial charge in [0.25, 0.3) is 0 Å². The lowest BCUT2D eigenvalue weighted by Crippen LogP contribution is -2.51. The van der Waals surface area contributed by atoms with Crippen molar-refractivity contribution < 1.29 is 18.0 Å². The van der Waals surface area contributed by atoms with E-state index in [2.05, 4.69) is 5.32 Å². The molecule has 1 N–H and O–H groups in total. The van der Waals surface area contributed by atoms with Crippen molar-refractivity contribution in [2.45, 2.75) is 90.8 Å². The van der Waals surface area contributed by atoms with Gasteiger partial charge in [0.2, 0.25) is 21.8 Å². The third kappa shape index (κ3) is 8.60. The zero-order chi connectivity index (χ0) is 29.4. The number of hydrogen-bond acceptors (Lipinski definition) is 4. The lowest BCUT2D eigenvalue weighted by atomic mass is 9.95. The van der Waals surface area contributed by atoms with Gasteiger partial charge in [-0.1, -0.05) is 61.5 Å². The van der Waals surface area contributed by atoms with Crippen molar-refractivity contribution in [2.24, 2.45) is 0 Å². The summed E-state index contributed by atoms with van der Waals surface area (Å²) in [4.78, 5) is 28.7. The van der Waals surface area contributed by atoms with Crippen molar-refractivity contribution in [2.75, 3.05) is 17.1 Å². The molecule has 1 unspecified atom stereocenters. The number of sulfonamides is 1. The third-order valence-electron chi connectivity index (χ3n) is 7.66. The monoisotopic (exact) mass is 609 g/mol. The first-order valence-electron chi connectivity index (χ1n) is 14.0. The standard InChI is InChI=1S/C30H41Cl2N3O4S/c1-5-28(30(37)33-23-11-7-6-8-12-23)34(20-25-26(31)13-9-14-27(25)32)29(36)15-10-18-35(40(4,38)39)24-17-16-21(2)22(3)19-24/h9,13-14,16-17,19,23,28H,5-8,10-12,15,18,20H2,1-4H3,(H,33,37). The lowest BCUT2D eigenvalue weighted by molar-refractivity contribution is -0.141. The number of halogens is 2. The predicted molar refractivity (Wildman–Crippen MR) is 163 cm³/mol. The van der Waals surface area contributed by atoms with Crippen LogP contribution in [0, 0.1) is 13.8 Å². The van der Waals surface area contributed by atoms with E-state index >= 15 is 0 Å². The SMILES string of the molecule is CCC(C(=O)NC1CCCCC1)N(Cc1c(Cl)cccc1Cl)C(=O)CCCN(c1ccc(C)c(C)c1)S(C)(=O)=O. The molecule has 1 aliphatic rings. The summed E-state index contributed by atoms with van der Waals surface area (Å²) in [6.45, 7) is 6.01. The van der Waals surface area contributed by atoms with Crippen LogP contribution in [0.3, 0.4) is 0 Å². The highest BCUT2D eigenvalue weighted by Gasteiger charge is 2.31. The molecule has 220 valence electrons. The van der Waals surface area contributed by atoms with Gasteiger partial charge in [-0.2, -0.15) is 0 Å². The van der Waals surface area contributed by atoms with E-state index in [0.717, 1.165) is 36.8 Å². The first kappa shape index (κ1) is 32.2. The van der Waals surface area contributed by atoms with Crippen LogP contribution in [-0.2, 0) is 26.2 Å². The Bertz CT molecular complexity index is 1280. The summed E-state index contributed by atoms with van der Waals surface area (Å²) in [6.07, 6.45) is 7.14. The smallest absolute Gasteiger partial charge is 0.243 e. The number of benzene rings is 2. The van der Waals surface area contributed by atoms with E-state index in [4.69, 9.17) is 23.2 Å². The van der Waals surface area contributed by atoms with Crippen molar-refractivity contribution in [3.05, 3.63) is 63.1 Å². The van der Waals surface area contributed by atoms with E-state index in [-0.39, 0.29) is 43.8 Å². The maximum absolute atomic E-state index is 13.7. The quantitative estimate of drug-likeness (QED) is 0.301. The molecule has 0 radical (unpaired) electrons. The van der Waals surface area contributed by atoms with E-state index in [1.807, 2.05) is 32.9 Å². The van der Waals surface area contributed by atoms with Gasteiger partial charge < -0.3 is 10.2 Å². The fourth-order valence-electron chi connectivity index (χ4n) is 5.20. The van der Waals surface area contributed by atoms with Crippen molar-refractivity contribution >= 4 is 50.7 Å². The molecule has 2 amide bonds. The van der Waals surface area contributed by atoms with Crippen LogP contribution in [0.25, 0.3) is 0 Å². The molecule has 3 rings (SSSR count). The van der Waals surface area contributed by atoms with Crippen LogP contribution in [-0.4, -0.2) is 50.0 Å². The minimum absolute atomic E-state index is 0.0617. The Kier molecular flexibility index (Phi) is 11.7. The minimum Gasteiger partial charge on any atom is -0.352 e. The molecular weight excluding hydrogens is 569 g/mol. The second-order valence-corrected chi connectivity index (χ2v) is 13.4. The molecular formula is C30H41Cl2N3O4S. The van der Waals surface area contributed by atoms with Gasteiger partial charge in [0, 0.05) is 41.2 Å². The maximum Gasteiger partial charge on any atom is 0.243 e. The van der Waals surface area contributed by atoms with Crippen molar-refractivity contribution in [3.63, 3.8) is 0 Å². The number of carbonyl (C=O) groups is 2. The highest BCUT2D eigenvalue weighted by molar-refractivity contribution is 7.92. The van der Waals surface area contributed by atoms with Gasteiger partial charge in [-0.25, -0.2) is 8.42 Å². The Morgan fingerprint density at radius 1 is 1.02 bits per heavy atom. The maximum atomic E-state index is 13.7. The van der Waals surface area contributed by atoms with Crippen molar-refractivity contribution in [3.8, 4) is 0 Å². The zero-order valence-corrected chi connectivity index (χ0v) is 26.2. The van der Waals surface area contributed by atoms with Crippen LogP contribution in [0.4, 0.5) is 5.69 Å². The Balaban J connectivity index is 1.81. The summed E-state index contributed by atoms with van der Waals surface area (Å²) >= 11 is 12.9. The lowest BCUT2D eigenvalue weighted by Gasteiger charge is -2.33. The molecule has 0 bridgehead atoms. The Labute approximate surface area is 249 Å². The molecule has 0 spiro atoms. The Morgan fingerprint density at radius 2 is 1.68 bits per heavy atom. The second-order valence-electron chi connectivity index (χ2n) is 10.7. The summed E-state index contributed by atoms with van der Waals surface area (Å²) in [7, 11) is -3.57. The molecule has 10 heteroatoms. The molecule has 1 fully saturated rings. The number of aryl methyl sites for hydroxylation is 2. The largest absolute Gasteiger partial charge is 0.352 e. The highest BCUT2D eigenvalue weighted by Crippen LogP contribution is 2.28. The number of anilines is 1. The predicted octanol–water partition coefficient (Wildman–Crippen LogP) is 6.41. The van der Waals surface area contributed by atoms with Gasteiger partial charge in [-0.15, -0.1) is 0 Å². The molecule has 1 atom stereocenters. The van der Waals surface area contributed by atoms with Gasteiger partial charge in [0.15, 0.2) is 0 Å². The number of nitrogens with one attached hydrogen (secondary N) is 1. The van der Waals surface area contributed by atoms with E-state index in [1.54, 1.807) is 29.2 Å². The fourth-order valence-corrected chi connectivity index (χ4v) is 6.68. The van der Waals surface area contributed by atoms with Gasteiger partial charge in [0.1, 0.15) is 6.04 Å². The van der Waals surface area contributed by atoms with Crippen LogP contribution in [0.2, 0.25) is 10.0 Å². The van der Waals surface area contributed by atoms with Crippen molar-refractivity contribution in [1.82, 2.24) is 10.2 Å². The number of rotatable bonds is 12. The van der Waals surface area contributed by atoms with E-state index in [0.29, 0.717) is 27.7 Å². The number of amides is 2. The summed E-state index contributed by atoms with van der Waals surface area (Å²) in [5, 5.41) is 4.00. The Hall–Kier alpha value is -2.29. The molecule has 2 aromatic rings. The first-order valence-corrected chi connectivity index (χ1v) is 16.6. The summed E-state index contributed by atoms with van der Waals surface area (Å²) in [5.41, 5.74) is 3.20. The molecule has 1 saturated carbocycles. The fraction of sp³-hybridized carbons (Fsp3) is 0.533. The molecule has 0 heterocycles. The second kappa shape index (κ2) is 14.6. The topological polar surface area (TPSA) is 86.8 Å². The highest BCUT2D eigenvalue weighted by atomic mass is 35.5. The molecule has 0 aromatic heterocycles. The van der Waals surface area contributed by atoms with E-state index in [9.17, 15) is 18.0 Å². The first-order chi connectivity index (χ1) is 18.9. The van der Waals surface area contributed by atoms with Gasteiger partial charge in [-0.05, 0) is 74.9 Å². The molecule has 0 saturated heterocycles. The molecule has 1 aliphatic carbocycles. The minimum atomic E-state index is -3.57. The summed E-state index contributed by atoms with van der Waals surface area (Å²) < 4.78 is 26.6. The van der Waals surface area contributed by atoms with Crippen LogP contribution in [0.15, 0.2) is 36.4 Å². The number of hydrogen-bond donors (Lipinski definition) is 1. The molecule has 7 nitrogen and oxygen atoms in total. The van der Waals surface area contributed by atoms with Gasteiger partial charge in [0.05, 0.1) is 11.9 Å².